The van der Waals surface area contributed by atoms with E-state index in [-0.39, 0.29) is 18.1 Å². The van der Waals surface area contributed by atoms with Gasteiger partial charge in [0.15, 0.2) is 6.29 Å². The summed E-state index contributed by atoms with van der Waals surface area (Å²) in [4.78, 5) is 4.14. The molecule has 1 aromatic heterocycles. The number of methoxy groups -OCH3 is 1. The van der Waals surface area contributed by atoms with E-state index in [0.29, 0.717) is 11.6 Å². The van der Waals surface area contributed by atoms with Crippen molar-refractivity contribution in [3.63, 3.8) is 0 Å². The summed E-state index contributed by atoms with van der Waals surface area (Å²) in [5, 5.41) is 12.9. The molecular weight excluding hydrogens is 326 g/mol. The average Bonchev–Trinajstić information content (AvgIpc) is 3.39. The van der Waals surface area contributed by atoms with Gasteiger partial charge in [-0.1, -0.05) is 41.9 Å². The molecule has 2 atom stereocenters. The van der Waals surface area contributed by atoms with Gasteiger partial charge in [0.25, 0.3) is 0 Å². The molecule has 4 rings (SSSR count). The van der Waals surface area contributed by atoms with Crippen molar-refractivity contribution in [2.24, 2.45) is 0 Å². The predicted molar refractivity (Wildman–Crippen MR) is 92.3 cm³/mol. The number of phenols is 1. The molecule has 1 aliphatic heterocycles. The van der Waals surface area contributed by atoms with Crippen LogP contribution in [0.3, 0.4) is 0 Å². The number of hydrogen-bond donors (Lipinski definition) is 1. The molecule has 4 nitrogen and oxygen atoms in total. The van der Waals surface area contributed by atoms with Crippen molar-refractivity contribution in [3.8, 4) is 5.75 Å². The van der Waals surface area contributed by atoms with Gasteiger partial charge in [-0.25, -0.2) is 4.98 Å². The number of halogens is 1. The number of epoxide rings is 1. The van der Waals surface area contributed by atoms with E-state index in [0.717, 1.165) is 27.5 Å². The first kappa shape index (κ1) is 15.4. The summed E-state index contributed by atoms with van der Waals surface area (Å²) in [5.41, 5.74) is 2.92. The summed E-state index contributed by atoms with van der Waals surface area (Å²) < 4.78 is 10.7. The van der Waals surface area contributed by atoms with Gasteiger partial charge < -0.3 is 14.6 Å². The van der Waals surface area contributed by atoms with Crippen LogP contribution >= 0.6 is 11.6 Å². The van der Waals surface area contributed by atoms with E-state index in [1.54, 1.807) is 19.4 Å². The molecule has 0 saturated carbocycles. The Kier molecular flexibility index (Phi) is 3.88. The van der Waals surface area contributed by atoms with E-state index >= 15 is 0 Å². The van der Waals surface area contributed by atoms with Crippen LogP contribution in [0.5, 0.6) is 5.75 Å². The molecule has 1 fully saturated rings. The van der Waals surface area contributed by atoms with Crippen molar-refractivity contribution in [1.29, 1.82) is 0 Å². The highest BCUT2D eigenvalue weighted by Gasteiger charge is 2.42. The lowest BCUT2D eigenvalue weighted by molar-refractivity contribution is 0.0950. The zero-order chi connectivity index (χ0) is 16.7. The summed E-state index contributed by atoms with van der Waals surface area (Å²) in [6, 6.07) is 13.6. The van der Waals surface area contributed by atoms with Gasteiger partial charge >= 0.3 is 0 Å². The predicted octanol–water partition coefficient (Wildman–Crippen LogP) is 4.23. The van der Waals surface area contributed by atoms with E-state index in [1.807, 2.05) is 36.4 Å². The minimum atomic E-state index is -0.290. The molecule has 5 heteroatoms. The van der Waals surface area contributed by atoms with Gasteiger partial charge in [0.2, 0.25) is 0 Å². The fourth-order valence-electron chi connectivity index (χ4n) is 3.05. The fourth-order valence-corrected chi connectivity index (χ4v) is 3.16. The Labute approximate surface area is 144 Å². The number of fused-ring (bicyclic) bond motifs is 1. The molecule has 24 heavy (non-hydrogen) atoms. The molecule has 0 aliphatic carbocycles. The minimum absolute atomic E-state index is 0.221. The molecule has 2 aromatic carbocycles. The highest BCUT2D eigenvalue weighted by Crippen LogP contribution is 2.46. The van der Waals surface area contributed by atoms with Crippen molar-refractivity contribution in [2.45, 2.75) is 18.8 Å². The normalized spacial score (nSPS) is 19.6. The first-order valence-electron chi connectivity index (χ1n) is 7.69. The van der Waals surface area contributed by atoms with Gasteiger partial charge in [0.1, 0.15) is 17.0 Å². The smallest absolute Gasteiger partial charge is 0.188 e. The number of ether oxygens (including phenoxy) is 2. The molecule has 1 N–H and O–H groups in total. The van der Waals surface area contributed by atoms with Gasteiger partial charge in [-0.3, -0.25) is 0 Å². The van der Waals surface area contributed by atoms with Crippen molar-refractivity contribution >= 4 is 22.4 Å². The van der Waals surface area contributed by atoms with E-state index in [9.17, 15) is 5.11 Å². The molecule has 1 aliphatic rings. The Balaban J connectivity index is 1.81. The first-order valence-corrected chi connectivity index (χ1v) is 8.07. The van der Waals surface area contributed by atoms with Crippen molar-refractivity contribution < 1.29 is 14.6 Å². The van der Waals surface area contributed by atoms with Crippen LogP contribution in [0.2, 0.25) is 5.15 Å². The van der Waals surface area contributed by atoms with Crippen LogP contribution in [0.25, 0.3) is 10.8 Å². The van der Waals surface area contributed by atoms with Crippen LogP contribution in [0.1, 0.15) is 22.8 Å². The third-order valence-electron chi connectivity index (χ3n) is 4.30. The number of nitrogens with zero attached hydrogens (tertiary/aromatic N) is 1. The SMILES string of the molecule is COC1OC1c1cc(Cc2ccc(Cl)nc2)c2ccccc2c1O. The molecule has 1 saturated heterocycles. The van der Waals surface area contributed by atoms with Crippen molar-refractivity contribution in [1.82, 2.24) is 4.98 Å². The van der Waals surface area contributed by atoms with Crippen LogP contribution in [0.15, 0.2) is 48.7 Å². The number of aromatic nitrogens is 1. The minimum Gasteiger partial charge on any atom is -0.507 e. The maximum atomic E-state index is 10.6. The third-order valence-corrected chi connectivity index (χ3v) is 4.53. The Hall–Kier alpha value is -2.14. The summed E-state index contributed by atoms with van der Waals surface area (Å²) in [6.07, 6.45) is 1.96. The van der Waals surface area contributed by atoms with E-state index < -0.39 is 0 Å². The molecule has 0 amide bonds. The van der Waals surface area contributed by atoms with Crippen LogP contribution in [-0.2, 0) is 15.9 Å². The molecule has 3 aromatic rings. The van der Waals surface area contributed by atoms with Gasteiger partial charge in [-0.2, -0.15) is 0 Å². The molecular formula is C19H16ClNO3. The largest absolute Gasteiger partial charge is 0.507 e. The van der Waals surface area contributed by atoms with E-state index in [1.165, 1.54) is 0 Å². The lowest BCUT2D eigenvalue weighted by atomic mass is 9.94. The Bertz CT molecular complexity index is 895. The van der Waals surface area contributed by atoms with Crippen LogP contribution in [-0.4, -0.2) is 23.5 Å². The lowest BCUT2D eigenvalue weighted by Gasteiger charge is -2.12. The summed E-state index contributed by atoms with van der Waals surface area (Å²) in [5.74, 6) is 0.258. The average molecular weight is 342 g/mol. The molecule has 0 spiro atoms. The summed E-state index contributed by atoms with van der Waals surface area (Å²) >= 11 is 5.86. The van der Waals surface area contributed by atoms with E-state index in [4.69, 9.17) is 21.1 Å². The molecule has 0 bridgehead atoms. The second-order valence-corrected chi connectivity index (χ2v) is 6.23. The van der Waals surface area contributed by atoms with Gasteiger partial charge in [0.05, 0.1) is 0 Å². The van der Waals surface area contributed by atoms with Gasteiger partial charge in [-0.05, 0) is 35.1 Å². The second-order valence-electron chi connectivity index (χ2n) is 5.85. The van der Waals surface area contributed by atoms with Crippen molar-refractivity contribution in [3.05, 3.63) is 70.5 Å². The monoisotopic (exact) mass is 341 g/mol. The maximum Gasteiger partial charge on any atom is 0.188 e. The zero-order valence-corrected chi connectivity index (χ0v) is 13.8. The number of pyridine rings is 1. The van der Waals surface area contributed by atoms with Crippen LogP contribution in [0.4, 0.5) is 0 Å². The van der Waals surface area contributed by atoms with E-state index in [2.05, 4.69) is 4.98 Å². The molecule has 2 unspecified atom stereocenters. The quantitative estimate of drug-likeness (QED) is 0.570. The number of aromatic hydroxyl groups is 1. The molecule has 0 radical (unpaired) electrons. The number of phenolic OH excluding ortho intramolecular Hbond substituents is 1. The lowest BCUT2D eigenvalue weighted by Crippen LogP contribution is -1.97. The van der Waals surface area contributed by atoms with Crippen LogP contribution in [0, 0.1) is 0 Å². The Morgan fingerprint density at radius 3 is 2.67 bits per heavy atom. The number of benzene rings is 2. The van der Waals surface area contributed by atoms with Crippen LogP contribution < -0.4 is 0 Å². The first-order chi connectivity index (χ1) is 11.7. The highest BCUT2D eigenvalue weighted by molar-refractivity contribution is 6.29. The standard InChI is InChI=1S/C19H16ClNO3/c1-23-19-18(24-19)15-9-12(8-11-6-7-16(20)21-10-11)13-4-2-3-5-14(13)17(15)22/h2-7,9-10,18-19,22H,8H2,1H3. The molecule has 2 heterocycles. The summed E-state index contributed by atoms with van der Waals surface area (Å²) in [7, 11) is 1.60. The fraction of sp³-hybridized carbons (Fsp3) is 0.211. The van der Waals surface area contributed by atoms with Crippen molar-refractivity contribution in [2.75, 3.05) is 7.11 Å². The maximum absolute atomic E-state index is 10.6. The molecule has 122 valence electrons. The Morgan fingerprint density at radius 2 is 2.00 bits per heavy atom. The third kappa shape index (κ3) is 2.73. The second kappa shape index (κ2) is 6.06. The highest BCUT2D eigenvalue weighted by atomic mass is 35.5. The number of hydrogen-bond acceptors (Lipinski definition) is 4. The topological polar surface area (TPSA) is 54.9 Å². The zero-order valence-electron chi connectivity index (χ0n) is 13.1. The van der Waals surface area contributed by atoms with Gasteiger partial charge in [-0.15, -0.1) is 0 Å². The Morgan fingerprint density at radius 1 is 1.21 bits per heavy atom. The summed E-state index contributed by atoms with van der Waals surface area (Å²) in [6.45, 7) is 0. The number of rotatable bonds is 4. The van der Waals surface area contributed by atoms with Gasteiger partial charge in [0, 0.05) is 24.3 Å².